The number of hydrogen-bond donors (Lipinski definition) is 1. The Morgan fingerprint density at radius 3 is 2.56 bits per heavy atom. The fourth-order valence-electron chi connectivity index (χ4n) is 1.74. The van der Waals surface area contributed by atoms with Crippen LogP contribution < -0.4 is 5.32 Å². The number of carbonyl (C=O) groups is 2. The van der Waals surface area contributed by atoms with Crippen LogP contribution in [-0.2, 0) is 19.1 Å². The first-order valence-corrected chi connectivity index (χ1v) is 5.50. The van der Waals surface area contributed by atoms with E-state index in [2.05, 4.69) is 10.1 Å². The predicted octanol–water partition coefficient (Wildman–Crippen LogP) is -1.25. The summed E-state index contributed by atoms with van der Waals surface area (Å²) in [7, 11) is 0. The summed E-state index contributed by atoms with van der Waals surface area (Å²) in [4.78, 5) is 24.0. The van der Waals surface area contributed by atoms with Crippen molar-refractivity contribution in [2.45, 2.75) is 19.0 Å². The fraction of sp³-hybridized carbons (Fsp3) is 0.800. The fourth-order valence-corrected chi connectivity index (χ4v) is 1.74. The molecule has 0 atom stereocenters. The average Bonchev–Trinajstić information content (AvgIpc) is 2.12. The number of carbonyl (C=O) groups excluding carboxylic acids is 2. The molecule has 0 saturated carbocycles. The maximum absolute atomic E-state index is 11.4. The first-order chi connectivity index (χ1) is 7.70. The maximum Gasteiger partial charge on any atom is 0.397 e. The maximum atomic E-state index is 11.4. The number of esters is 1. The zero-order chi connectivity index (χ0) is 11.5. The van der Waals surface area contributed by atoms with Crippen molar-refractivity contribution in [3.63, 3.8) is 0 Å². The number of likely N-dealkylation sites (tertiary alicyclic amines) is 1. The number of rotatable bonds is 3. The summed E-state index contributed by atoms with van der Waals surface area (Å²) >= 11 is 0. The summed E-state index contributed by atoms with van der Waals surface area (Å²) in [5.74, 6) is -1.29. The lowest BCUT2D eigenvalue weighted by Crippen LogP contribution is -2.65. The molecule has 6 heteroatoms. The Kier molecular flexibility index (Phi) is 3.40. The summed E-state index contributed by atoms with van der Waals surface area (Å²) in [6.45, 7) is 4.55. The van der Waals surface area contributed by atoms with Crippen LogP contribution in [0.5, 0.6) is 0 Å². The zero-order valence-corrected chi connectivity index (χ0v) is 9.27. The van der Waals surface area contributed by atoms with Crippen molar-refractivity contribution in [1.29, 1.82) is 0 Å². The molecular weight excluding hydrogens is 212 g/mol. The number of amides is 1. The minimum absolute atomic E-state index is 0.236. The van der Waals surface area contributed by atoms with Crippen molar-refractivity contribution in [1.82, 2.24) is 10.2 Å². The highest BCUT2D eigenvalue weighted by atomic mass is 16.5. The van der Waals surface area contributed by atoms with Crippen LogP contribution in [0.25, 0.3) is 0 Å². The lowest BCUT2D eigenvalue weighted by molar-refractivity contribution is -0.162. The summed E-state index contributed by atoms with van der Waals surface area (Å²) in [5.41, 5.74) is 0. The normalized spacial score (nSPS) is 21.2. The van der Waals surface area contributed by atoms with Crippen LogP contribution in [0.2, 0.25) is 0 Å². The molecule has 16 heavy (non-hydrogen) atoms. The van der Waals surface area contributed by atoms with Gasteiger partial charge in [0.1, 0.15) is 0 Å². The Balaban J connectivity index is 1.66. The van der Waals surface area contributed by atoms with E-state index in [-0.39, 0.29) is 12.6 Å². The van der Waals surface area contributed by atoms with Gasteiger partial charge in [0.25, 0.3) is 0 Å². The van der Waals surface area contributed by atoms with E-state index >= 15 is 0 Å². The van der Waals surface area contributed by atoms with Crippen LogP contribution in [0.3, 0.4) is 0 Å². The smallest absolute Gasteiger partial charge is 0.397 e. The van der Waals surface area contributed by atoms with Crippen molar-refractivity contribution >= 4 is 11.9 Å². The summed E-state index contributed by atoms with van der Waals surface area (Å²) in [5, 5.41) is 3.34. The van der Waals surface area contributed by atoms with E-state index in [0.29, 0.717) is 19.1 Å². The second kappa shape index (κ2) is 4.80. The van der Waals surface area contributed by atoms with Crippen molar-refractivity contribution in [3.05, 3.63) is 0 Å². The molecule has 6 nitrogen and oxygen atoms in total. The van der Waals surface area contributed by atoms with Gasteiger partial charge in [0.15, 0.2) is 0 Å². The van der Waals surface area contributed by atoms with Gasteiger partial charge in [0.2, 0.25) is 0 Å². The quantitative estimate of drug-likeness (QED) is 0.483. The van der Waals surface area contributed by atoms with Gasteiger partial charge in [0, 0.05) is 19.1 Å². The molecule has 0 unspecified atom stereocenters. The summed E-state index contributed by atoms with van der Waals surface area (Å²) in [6, 6.07) is 0.692. The monoisotopic (exact) mass is 228 g/mol. The Bertz CT molecular complexity index is 285. The summed E-state index contributed by atoms with van der Waals surface area (Å²) in [6.07, 6.45) is 0. The van der Waals surface area contributed by atoms with Crippen LogP contribution in [0.4, 0.5) is 0 Å². The standard InChI is InChI=1S/C10H16N2O4/c1-2-16-10(14)9(13)12-3-7(4-12)11-8-5-15-6-8/h7-8,11H,2-6H2,1H3. The SMILES string of the molecule is CCOC(=O)C(=O)N1CC(NC2COC2)C1. The van der Waals surface area contributed by atoms with Crippen molar-refractivity contribution < 1.29 is 19.1 Å². The molecule has 2 fully saturated rings. The third-order valence-corrected chi connectivity index (χ3v) is 2.73. The molecule has 2 aliphatic rings. The predicted molar refractivity (Wildman–Crippen MR) is 54.7 cm³/mol. The molecule has 0 aromatic rings. The van der Waals surface area contributed by atoms with Crippen LogP contribution in [0.15, 0.2) is 0 Å². The van der Waals surface area contributed by atoms with Gasteiger partial charge in [-0.1, -0.05) is 0 Å². The van der Waals surface area contributed by atoms with Gasteiger partial charge in [0.05, 0.1) is 25.9 Å². The third kappa shape index (κ3) is 2.33. The van der Waals surface area contributed by atoms with Gasteiger partial charge in [-0.2, -0.15) is 0 Å². The molecule has 90 valence electrons. The molecule has 0 aromatic heterocycles. The molecule has 0 radical (unpaired) electrons. The second-order valence-corrected chi connectivity index (χ2v) is 4.03. The van der Waals surface area contributed by atoms with Crippen molar-refractivity contribution in [2.75, 3.05) is 32.9 Å². The molecule has 1 amide bonds. The first-order valence-electron chi connectivity index (χ1n) is 5.50. The van der Waals surface area contributed by atoms with E-state index in [9.17, 15) is 9.59 Å². The highest BCUT2D eigenvalue weighted by molar-refractivity contribution is 6.32. The average molecular weight is 228 g/mol. The molecule has 0 bridgehead atoms. The van der Waals surface area contributed by atoms with Crippen LogP contribution in [0.1, 0.15) is 6.92 Å². The third-order valence-electron chi connectivity index (χ3n) is 2.73. The van der Waals surface area contributed by atoms with Crippen LogP contribution in [-0.4, -0.2) is 61.8 Å². The summed E-state index contributed by atoms with van der Waals surface area (Å²) < 4.78 is 9.67. The number of hydrogen-bond acceptors (Lipinski definition) is 5. The van der Waals surface area contributed by atoms with Gasteiger partial charge in [-0.25, -0.2) is 4.79 Å². The van der Waals surface area contributed by atoms with Crippen LogP contribution in [0, 0.1) is 0 Å². The van der Waals surface area contributed by atoms with E-state index < -0.39 is 11.9 Å². The molecule has 1 N–H and O–H groups in total. The van der Waals surface area contributed by atoms with Crippen molar-refractivity contribution in [3.8, 4) is 0 Å². The Labute approximate surface area is 93.9 Å². The topological polar surface area (TPSA) is 67.9 Å². The molecule has 2 rings (SSSR count). The van der Waals surface area contributed by atoms with E-state index in [4.69, 9.17) is 4.74 Å². The second-order valence-electron chi connectivity index (χ2n) is 4.03. The molecule has 0 aliphatic carbocycles. The highest BCUT2D eigenvalue weighted by Crippen LogP contribution is 2.11. The lowest BCUT2D eigenvalue weighted by Gasteiger charge is -2.42. The van der Waals surface area contributed by atoms with E-state index in [0.717, 1.165) is 13.2 Å². The number of nitrogens with zero attached hydrogens (tertiary/aromatic N) is 1. The van der Waals surface area contributed by atoms with Gasteiger partial charge in [-0.3, -0.25) is 4.79 Å². The first kappa shape index (κ1) is 11.3. The molecular formula is C10H16N2O4. The largest absolute Gasteiger partial charge is 0.459 e. The van der Waals surface area contributed by atoms with Gasteiger partial charge < -0.3 is 19.7 Å². The zero-order valence-electron chi connectivity index (χ0n) is 9.27. The minimum atomic E-state index is -0.757. The van der Waals surface area contributed by atoms with Gasteiger partial charge >= 0.3 is 11.9 Å². The lowest BCUT2D eigenvalue weighted by atomic mass is 10.1. The van der Waals surface area contributed by atoms with E-state index in [1.807, 2.05) is 0 Å². The highest BCUT2D eigenvalue weighted by Gasteiger charge is 2.36. The molecule has 2 saturated heterocycles. The molecule has 0 spiro atoms. The Morgan fingerprint density at radius 1 is 1.38 bits per heavy atom. The Morgan fingerprint density at radius 2 is 2.06 bits per heavy atom. The number of ether oxygens (including phenoxy) is 2. The van der Waals surface area contributed by atoms with Gasteiger partial charge in [-0.15, -0.1) is 0 Å². The Hall–Kier alpha value is -1.14. The molecule has 0 aromatic carbocycles. The van der Waals surface area contributed by atoms with Crippen molar-refractivity contribution in [2.24, 2.45) is 0 Å². The van der Waals surface area contributed by atoms with Gasteiger partial charge in [-0.05, 0) is 6.92 Å². The van der Waals surface area contributed by atoms with Crippen LogP contribution >= 0.6 is 0 Å². The van der Waals surface area contributed by atoms with E-state index in [1.54, 1.807) is 6.92 Å². The minimum Gasteiger partial charge on any atom is -0.459 e. The van der Waals surface area contributed by atoms with E-state index in [1.165, 1.54) is 4.90 Å². The number of nitrogens with one attached hydrogen (secondary N) is 1. The molecule has 2 heterocycles. The molecule has 2 aliphatic heterocycles.